The summed E-state index contributed by atoms with van der Waals surface area (Å²) in [5.74, 6) is -1.80. The number of carboxylic acid groups (broad SMARTS) is 1. The lowest BCUT2D eigenvalue weighted by atomic mass is 9.94. The third-order valence-corrected chi connectivity index (χ3v) is 8.59. The molecule has 0 bridgehead atoms. The molecule has 236 valence electrons. The fraction of sp³-hybridized carbons (Fsp3) is 0.344. The molecule has 0 radical (unpaired) electrons. The van der Waals surface area contributed by atoms with E-state index in [1.54, 1.807) is 84.9 Å². The van der Waals surface area contributed by atoms with Gasteiger partial charge in [-0.1, -0.05) is 35.9 Å². The van der Waals surface area contributed by atoms with E-state index in [0.717, 1.165) is 5.56 Å². The van der Waals surface area contributed by atoms with Crippen molar-refractivity contribution in [3.63, 3.8) is 0 Å². The molecule has 3 rings (SSSR count). The molecular formula is C32H38ClN3O7S. The minimum Gasteiger partial charge on any atom is -0.480 e. The topological polar surface area (TPSA) is 151 Å². The maximum Gasteiger partial charge on any atom is 0.407 e. The van der Waals surface area contributed by atoms with Crippen LogP contribution in [0.5, 0.6) is 0 Å². The fourth-order valence-electron chi connectivity index (χ4n) is 4.63. The Morgan fingerprint density at radius 2 is 1.55 bits per heavy atom. The highest BCUT2D eigenvalue weighted by atomic mass is 35.5. The van der Waals surface area contributed by atoms with Gasteiger partial charge in [-0.15, -0.1) is 0 Å². The molecule has 10 nitrogen and oxygen atoms in total. The van der Waals surface area contributed by atoms with E-state index >= 15 is 0 Å². The second kappa shape index (κ2) is 13.7. The van der Waals surface area contributed by atoms with Crippen LogP contribution >= 0.6 is 11.6 Å². The highest BCUT2D eigenvalue weighted by Crippen LogP contribution is 2.30. The van der Waals surface area contributed by atoms with Crippen molar-refractivity contribution in [3.8, 4) is 11.1 Å². The zero-order valence-corrected chi connectivity index (χ0v) is 27.4. The molecule has 0 saturated carbocycles. The van der Waals surface area contributed by atoms with Gasteiger partial charge in [0.15, 0.2) is 0 Å². The number of benzene rings is 3. The van der Waals surface area contributed by atoms with E-state index in [0.29, 0.717) is 44.1 Å². The zero-order valence-electron chi connectivity index (χ0n) is 25.8. The van der Waals surface area contributed by atoms with Gasteiger partial charge in [-0.25, -0.2) is 18.0 Å². The Morgan fingerprint density at radius 3 is 2.14 bits per heavy atom. The first-order valence-electron chi connectivity index (χ1n) is 13.9. The number of nitrogens with one attached hydrogen (secondary N) is 3. The third-order valence-electron chi connectivity index (χ3n) is 6.66. The zero-order chi connectivity index (χ0) is 33.0. The monoisotopic (exact) mass is 643 g/mol. The summed E-state index contributed by atoms with van der Waals surface area (Å²) in [6, 6.07) is 12.4. The summed E-state index contributed by atoms with van der Waals surface area (Å²) in [5, 5.41) is 15.2. The molecule has 0 spiro atoms. The van der Waals surface area contributed by atoms with Crippen molar-refractivity contribution in [2.24, 2.45) is 0 Å². The SMILES string of the molecule is Cc1cc(S(=O)(=O)Nc2cccc(-c3cc(C)c(C(=O)N[C@@H](CCNC(=O)OC(C)(C)C)C(=O)O)c(C)c3)c2)c(C)cc1Cl. The number of aryl methyl sites for hydroxylation is 4. The molecule has 0 fully saturated rings. The molecule has 0 aliphatic carbocycles. The lowest BCUT2D eigenvalue weighted by Gasteiger charge is -2.21. The Kier molecular flexibility index (Phi) is 10.7. The largest absolute Gasteiger partial charge is 0.480 e. The normalized spacial score (nSPS) is 12.3. The predicted molar refractivity (Wildman–Crippen MR) is 171 cm³/mol. The highest BCUT2D eigenvalue weighted by molar-refractivity contribution is 7.92. The summed E-state index contributed by atoms with van der Waals surface area (Å²) < 4.78 is 34.2. The number of hydrogen-bond donors (Lipinski definition) is 4. The van der Waals surface area contributed by atoms with E-state index in [4.69, 9.17) is 16.3 Å². The standard InChI is InChI=1S/C32H38ClN3O7S/c1-18-16-27(19(2)15-25(18)33)44(41,42)36-24-10-8-9-22(17-24)23-13-20(3)28(21(4)14-23)29(37)35-26(30(38)39)11-12-34-31(40)43-32(5,6)7/h8-10,13-17,26,36H,11-12H2,1-7H3,(H,34,40)(H,35,37)(H,38,39)/t26-/m0/s1. The van der Waals surface area contributed by atoms with Gasteiger partial charge in [0, 0.05) is 22.8 Å². The smallest absolute Gasteiger partial charge is 0.407 e. The number of carbonyl (C=O) groups excluding carboxylic acids is 2. The Hall–Kier alpha value is -4.09. The van der Waals surface area contributed by atoms with Gasteiger partial charge < -0.3 is 20.5 Å². The Bertz CT molecular complexity index is 1680. The summed E-state index contributed by atoms with van der Waals surface area (Å²) in [4.78, 5) is 37.0. The maximum absolute atomic E-state index is 13.2. The molecule has 1 atom stereocenters. The molecule has 2 amide bonds. The van der Waals surface area contributed by atoms with Gasteiger partial charge in [0.1, 0.15) is 11.6 Å². The molecule has 3 aromatic rings. The van der Waals surface area contributed by atoms with Gasteiger partial charge in [0.25, 0.3) is 15.9 Å². The summed E-state index contributed by atoms with van der Waals surface area (Å²) in [6.07, 6.45) is -0.726. The van der Waals surface area contributed by atoms with Crippen LogP contribution in [-0.4, -0.2) is 49.7 Å². The molecule has 12 heteroatoms. The van der Waals surface area contributed by atoms with Crippen LogP contribution in [0.3, 0.4) is 0 Å². The Morgan fingerprint density at radius 1 is 0.909 bits per heavy atom. The molecule has 3 aromatic carbocycles. The lowest BCUT2D eigenvalue weighted by Crippen LogP contribution is -2.44. The van der Waals surface area contributed by atoms with E-state index in [1.165, 1.54) is 6.07 Å². The van der Waals surface area contributed by atoms with Gasteiger partial charge in [-0.2, -0.15) is 0 Å². The number of aliphatic carboxylic acids is 1. The van der Waals surface area contributed by atoms with Crippen LogP contribution in [0.4, 0.5) is 10.5 Å². The predicted octanol–water partition coefficient (Wildman–Crippen LogP) is 6.14. The summed E-state index contributed by atoms with van der Waals surface area (Å²) >= 11 is 6.14. The average molecular weight is 644 g/mol. The van der Waals surface area contributed by atoms with Gasteiger partial charge in [0.2, 0.25) is 0 Å². The van der Waals surface area contributed by atoms with Crippen LogP contribution in [0, 0.1) is 27.7 Å². The molecule has 0 heterocycles. The number of amides is 2. The van der Waals surface area contributed by atoms with Crippen LogP contribution < -0.4 is 15.4 Å². The summed E-state index contributed by atoms with van der Waals surface area (Å²) in [7, 11) is -3.89. The van der Waals surface area contributed by atoms with Crippen molar-refractivity contribution < 1.29 is 32.6 Å². The molecule has 44 heavy (non-hydrogen) atoms. The van der Waals surface area contributed by atoms with E-state index in [9.17, 15) is 27.9 Å². The molecule has 0 unspecified atom stereocenters. The molecule has 0 aliphatic rings. The third kappa shape index (κ3) is 8.96. The van der Waals surface area contributed by atoms with E-state index < -0.39 is 39.6 Å². The fourth-order valence-corrected chi connectivity index (χ4v) is 6.21. The first-order valence-corrected chi connectivity index (χ1v) is 15.8. The Labute approximate surface area is 263 Å². The van der Waals surface area contributed by atoms with Gasteiger partial charge >= 0.3 is 12.1 Å². The second-order valence-electron chi connectivity index (χ2n) is 11.6. The molecule has 0 aliphatic heterocycles. The lowest BCUT2D eigenvalue weighted by molar-refractivity contribution is -0.139. The number of hydrogen-bond acceptors (Lipinski definition) is 6. The summed E-state index contributed by atoms with van der Waals surface area (Å²) in [5.41, 5.74) is 3.82. The number of anilines is 1. The van der Waals surface area contributed by atoms with Crippen molar-refractivity contribution >= 4 is 45.3 Å². The number of sulfonamides is 1. The minimum absolute atomic E-state index is 0.0135. The molecule has 4 N–H and O–H groups in total. The van der Waals surface area contributed by atoms with Crippen molar-refractivity contribution in [1.29, 1.82) is 0 Å². The van der Waals surface area contributed by atoms with Gasteiger partial charge in [-0.05, 0) is 113 Å². The minimum atomic E-state index is -3.89. The van der Waals surface area contributed by atoms with Crippen molar-refractivity contribution in [3.05, 3.63) is 81.4 Å². The number of alkyl carbamates (subject to hydrolysis) is 1. The van der Waals surface area contributed by atoms with Gasteiger partial charge in [0.05, 0.1) is 4.90 Å². The number of carboxylic acids is 1. The molecule has 0 aromatic heterocycles. The van der Waals surface area contributed by atoms with Crippen molar-refractivity contribution in [1.82, 2.24) is 10.6 Å². The van der Waals surface area contributed by atoms with Crippen LogP contribution in [0.2, 0.25) is 5.02 Å². The molecular weight excluding hydrogens is 606 g/mol. The first kappa shape index (κ1) is 34.4. The Balaban J connectivity index is 1.78. The van der Waals surface area contributed by atoms with Crippen LogP contribution in [-0.2, 0) is 19.6 Å². The summed E-state index contributed by atoms with van der Waals surface area (Å²) in [6.45, 7) is 12.0. The van der Waals surface area contributed by atoms with E-state index in [1.807, 2.05) is 6.07 Å². The van der Waals surface area contributed by atoms with Crippen LogP contribution in [0.15, 0.2) is 53.4 Å². The first-order chi connectivity index (χ1) is 20.4. The number of ether oxygens (including phenoxy) is 1. The number of rotatable bonds is 10. The van der Waals surface area contributed by atoms with Crippen molar-refractivity contribution in [2.75, 3.05) is 11.3 Å². The second-order valence-corrected chi connectivity index (χ2v) is 13.7. The van der Waals surface area contributed by atoms with E-state index in [-0.39, 0.29) is 17.9 Å². The van der Waals surface area contributed by atoms with Gasteiger partial charge in [-0.3, -0.25) is 9.52 Å². The average Bonchev–Trinajstić information content (AvgIpc) is 2.88. The highest BCUT2D eigenvalue weighted by Gasteiger charge is 2.24. The van der Waals surface area contributed by atoms with E-state index in [2.05, 4.69) is 15.4 Å². The quantitative estimate of drug-likeness (QED) is 0.207. The number of halogens is 1. The maximum atomic E-state index is 13.2. The number of carbonyl (C=O) groups is 3. The van der Waals surface area contributed by atoms with Crippen LogP contribution in [0.25, 0.3) is 11.1 Å². The molecule has 0 saturated heterocycles. The van der Waals surface area contributed by atoms with Crippen LogP contribution in [0.1, 0.15) is 59.8 Å². The van der Waals surface area contributed by atoms with Crippen molar-refractivity contribution in [2.45, 2.75) is 71.4 Å².